The second-order valence-corrected chi connectivity index (χ2v) is 6.04. The molecule has 1 atom stereocenters. The van der Waals surface area contributed by atoms with Crippen LogP contribution in [0.1, 0.15) is 25.8 Å². The van der Waals surface area contributed by atoms with Crippen LogP contribution in [-0.2, 0) is 4.74 Å². The fraction of sp³-hybridized carbons (Fsp3) is 0.600. The Hall–Kier alpha value is -0.290. The van der Waals surface area contributed by atoms with Crippen LogP contribution in [0.4, 0.5) is 0 Å². The molecule has 20 heavy (non-hydrogen) atoms. The summed E-state index contributed by atoms with van der Waals surface area (Å²) in [6, 6.07) is 3.86. The lowest BCUT2D eigenvalue weighted by Crippen LogP contribution is -2.30. The van der Waals surface area contributed by atoms with Gasteiger partial charge in [0.2, 0.25) is 0 Å². The van der Waals surface area contributed by atoms with E-state index in [2.05, 4.69) is 21.2 Å². The molecule has 0 heterocycles. The molecule has 0 bridgehead atoms. The summed E-state index contributed by atoms with van der Waals surface area (Å²) in [6.45, 7) is 9.34. The molecule has 0 aliphatic carbocycles. The van der Waals surface area contributed by atoms with E-state index in [0.717, 1.165) is 48.5 Å². The first-order valence-corrected chi connectivity index (χ1v) is 8.12. The van der Waals surface area contributed by atoms with Gasteiger partial charge < -0.3 is 14.8 Å². The predicted molar refractivity (Wildman–Crippen MR) is 88.0 cm³/mol. The van der Waals surface area contributed by atoms with Gasteiger partial charge in [-0.25, -0.2) is 0 Å². The van der Waals surface area contributed by atoms with E-state index >= 15 is 0 Å². The standard InChI is InChI=1S/C15H23BrClNO2/c1-4-19-7-5-6-18-10-12(3)20-15-11(2)8-13(16)9-14(15)17/h8-9,12,18H,4-7,10H2,1-3H3. The molecule has 0 saturated carbocycles. The van der Waals surface area contributed by atoms with Crippen molar-refractivity contribution in [1.29, 1.82) is 0 Å². The molecule has 0 fully saturated rings. The van der Waals surface area contributed by atoms with Crippen LogP contribution >= 0.6 is 27.5 Å². The molecular formula is C15H23BrClNO2. The minimum atomic E-state index is 0.0690. The third-order valence-electron chi connectivity index (χ3n) is 2.79. The number of nitrogens with one attached hydrogen (secondary N) is 1. The van der Waals surface area contributed by atoms with Crippen LogP contribution < -0.4 is 10.1 Å². The second kappa shape index (κ2) is 9.61. The molecule has 0 amide bonds. The van der Waals surface area contributed by atoms with Crippen molar-refractivity contribution >= 4 is 27.5 Å². The summed E-state index contributed by atoms with van der Waals surface area (Å²) in [5.41, 5.74) is 1.03. The highest BCUT2D eigenvalue weighted by atomic mass is 79.9. The number of ether oxygens (including phenoxy) is 2. The second-order valence-electron chi connectivity index (χ2n) is 4.72. The number of hydrogen-bond donors (Lipinski definition) is 1. The Kier molecular flexibility index (Phi) is 8.53. The van der Waals surface area contributed by atoms with Gasteiger partial charge >= 0.3 is 0 Å². The molecular weight excluding hydrogens is 342 g/mol. The van der Waals surface area contributed by atoms with E-state index in [-0.39, 0.29) is 6.10 Å². The van der Waals surface area contributed by atoms with E-state index in [1.165, 1.54) is 0 Å². The average molecular weight is 365 g/mol. The van der Waals surface area contributed by atoms with E-state index in [1.807, 2.05) is 32.9 Å². The monoisotopic (exact) mass is 363 g/mol. The van der Waals surface area contributed by atoms with Crippen molar-refractivity contribution < 1.29 is 9.47 Å². The lowest BCUT2D eigenvalue weighted by molar-refractivity contribution is 0.143. The highest BCUT2D eigenvalue weighted by molar-refractivity contribution is 9.10. The fourth-order valence-corrected chi connectivity index (χ4v) is 2.85. The predicted octanol–water partition coefficient (Wildman–Crippen LogP) is 4.19. The van der Waals surface area contributed by atoms with Crippen LogP contribution in [0.25, 0.3) is 0 Å². The summed E-state index contributed by atoms with van der Waals surface area (Å²) in [7, 11) is 0. The van der Waals surface area contributed by atoms with Crippen LogP contribution in [0.5, 0.6) is 5.75 Å². The highest BCUT2D eigenvalue weighted by Gasteiger charge is 2.11. The first-order valence-electron chi connectivity index (χ1n) is 6.95. The van der Waals surface area contributed by atoms with E-state index < -0.39 is 0 Å². The number of halogens is 2. The summed E-state index contributed by atoms with van der Waals surface area (Å²) in [5, 5.41) is 4.00. The van der Waals surface area contributed by atoms with Gasteiger partial charge in [-0.15, -0.1) is 0 Å². The summed E-state index contributed by atoms with van der Waals surface area (Å²) in [6.07, 6.45) is 1.08. The first-order chi connectivity index (χ1) is 9.54. The quantitative estimate of drug-likeness (QED) is 0.666. The Morgan fingerprint density at radius 1 is 1.40 bits per heavy atom. The highest BCUT2D eigenvalue weighted by Crippen LogP contribution is 2.32. The topological polar surface area (TPSA) is 30.5 Å². The Morgan fingerprint density at radius 2 is 2.15 bits per heavy atom. The molecule has 5 heteroatoms. The van der Waals surface area contributed by atoms with E-state index in [4.69, 9.17) is 21.1 Å². The lowest BCUT2D eigenvalue weighted by Gasteiger charge is -2.18. The Morgan fingerprint density at radius 3 is 2.80 bits per heavy atom. The molecule has 0 spiro atoms. The Balaban J connectivity index is 2.34. The largest absolute Gasteiger partial charge is 0.488 e. The molecule has 0 aromatic heterocycles. The molecule has 0 radical (unpaired) electrons. The van der Waals surface area contributed by atoms with Gasteiger partial charge in [0.05, 0.1) is 5.02 Å². The van der Waals surface area contributed by atoms with Gasteiger partial charge in [-0.1, -0.05) is 27.5 Å². The van der Waals surface area contributed by atoms with Crippen LogP contribution in [0.3, 0.4) is 0 Å². The molecule has 0 aliphatic heterocycles. The van der Waals surface area contributed by atoms with Crippen LogP contribution in [0, 0.1) is 6.92 Å². The zero-order valence-corrected chi connectivity index (χ0v) is 14.7. The fourth-order valence-electron chi connectivity index (χ4n) is 1.83. The van der Waals surface area contributed by atoms with Gasteiger partial charge in [-0.2, -0.15) is 0 Å². The molecule has 1 rings (SSSR count). The minimum Gasteiger partial charge on any atom is -0.488 e. The van der Waals surface area contributed by atoms with Crippen molar-refractivity contribution in [1.82, 2.24) is 5.32 Å². The first kappa shape index (κ1) is 17.8. The molecule has 3 nitrogen and oxygen atoms in total. The van der Waals surface area contributed by atoms with E-state index in [0.29, 0.717) is 5.02 Å². The third-order valence-corrected chi connectivity index (χ3v) is 3.53. The maximum atomic E-state index is 6.21. The van der Waals surface area contributed by atoms with Gasteiger partial charge in [-0.3, -0.25) is 0 Å². The van der Waals surface area contributed by atoms with Gasteiger partial charge in [0, 0.05) is 24.2 Å². The summed E-state index contributed by atoms with van der Waals surface area (Å²) in [5.74, 6) is 0.762. The van der Waals surface area contributed by atoms with Gasteiger partial charge in [0.25, 0.3) is 0 Å². The molecule has 1 aromatic rings. The summed E-state index contributed by atoms with van der Waals surface area (Å²) in [4.78, 5) is 0. The number of rotatable bonds is 9. The van der Waals surface area contributed by atoms with Crippen molar-refractivity contribution in [2.24, 2.45) is 0 Å². The Labute approximate surface area is 135 Å². The SMILES string of the molecule is CCOCCCNCC(C)Oc1c(C)cc(Br)cc1Cl. The van der Waals surface area contributed by atoms with Crippen LogP contribution in [0.2, 0.25) is 5.02 Å². The van der Waals surface area contributed by atoms with E-state index in [1.54, 1.807) is 0 Å². The lowest BCUT2D eigenvalue weighted by atomic mass is 10.2. The summed E-state index contributed by atoms with van der Waals surface area (Å²) >= 11 is 9.63. The van der Waals surface area contributed by atoms with Crippen molar-refractivity contribution in [2.75, 3.05) is 26.3 Å². The van der Waals surface area contributed by atoms with Crippen LogP contribution in [0.15, 0.2) is 16.6 Å². The van der Waals surface area contributed by atoms with Crippen molar-refractivity contribution in [2.45, 2.75) is 33.3 Å². The summed E-state index contributed by atoms with van der Waals surface area (Å²) < 4.78 is 12.2. The number of hydrogen-bond acceptors (Lipinski definition) is 3. The molecule has 0 saturated heterocycles. The Bertz CT molecular complexity index is 392. The smallest absolute Gasteiger partial charge is 0.141 e. The zero-order chi connectivity index (χ0) is 15.0. The molecule has 1 aromatic carbocycles. The van der Waals surface area contributed by atoms with Crippen LogP contribution in [-0.4, -0.2) is 32.4 Å². The zero-order valence-electron chi connectivity index (χ0n) is 12.3. The third kappa shape index (κ3) is 6.44. The molecule has 1 N–H and O–H groups in total. The van der Waals surface area contributed by atoms with Gasteiger partial charge in [-0.05, 0) is 51.4 Å². The van der Waals surface area contributed by atoms with Crippen molar-refractivity contribution in [3.05, 3.63) is 27.2 Å². The van der Waals surface area contributed by atoms with Crippen molar-refractivity contribution in [3.63, 3.8) is 0 Å². The normalized spacial score (nSPS) is 12.4. The minimum absolute atomic E-state index is 0.0690. The molecule has 0 aliphatic rings. The number of aryl methyl sites for hydroxylation is 1. The molecule has 114 valence electrons. The number of benzene rings is 1. The maximum Gasteiger partial charge on any atom is 0.141 e. The van der Waals surface area contributed by atoms with E-state index in [9.17, 15) is 0 Å². The molecule has 1 unspecified atom stereocenters. The van der Waals surface area contributed by atoms with Gasteiger partial charge in [0.15, 0.2) is 0 Å². The average Bonchev–Trinajstić information content (AvgIpc) is 2.38. The van der Waals surface area contributed by atoms with Crippen molar-refractivity contribution in [3.8, 4) is 5.75 Å². The maximum absolute atomic E-state index is 6.21. The van der Waals surface area contributed by atoms with Gasteiger partial charge in [0.1, 0.15) is 11.9 Å².